The van der Waals surface area contributed by atoms with Crippen LogP contribution in [0.4, 0.5) is 0 Å². The molecular weight excluding hydrogens is 288 g/mol. The van der Waals surface area contributed by atoms with Crippen LogP contribution in [0, 0.1) is 0 Å². The smallest absolute Gasteiger partial charge is 0.104 e. The van der Waals surface area contributed by atoms with Crippen molar-refractivity contribution in [2.75, 3.05) is 0 Å². The third kappa shape index (κ3) is 14.3. The van der Waals surface area contributed by atoms with Gasteiger partial charge >= 0.3 is 0 Å². The fraction of sp³-hybridized carbons (Fsp3) is 0.895. The lowest BCUT2D eigenvalue weighted by atomic mass is 10.0. The number of rotatable bonds is 16. The Hall–Kier alpha value is -1.06. The Morgan fingerprint density at radius 3 is 1.35 bits per heavy atom. The second-order valence-corrected chi connectivity index (χ2v) is 6.58. The number of hydrogen-bond acceptors (Lipinski definition) is 4. The Bertz CT molecular complexity index is 314. The Morgan fingerprint density at radius 2 is 1.00 bits per heavy atom. The molecule has 0 saturated heterocycles. The van der Waals surface area contributed by atoms with E-state index >= 15 is 0 Å². The average molecular weight is 327 g/mol. The Morgan fingerprint density at radius 1 is 0.609 bits per heavy atom. The summed E-state index contributed by atoms with van der Waals surface area (Å²) >= 11 is 0. The number of unbranched alkanes of at least 4 members (excludes halogenated alkanes) is 13. The van der Waals surface area contributed by atoms with E-state index < -0.39 is 0 Å². The fourth-order valence-electron chi connectivity index (χ4n) is 2.85. The van der Waals surface area contributed by atoms with Crippen molar-refractivity contribution in [1.82, 2.24) is 0 Å². The average Bonchev–Trinajstić information content (AvgIpc) is 2.58. The lowest BCUT2D eigenvalue weighted by molar-refractivity contribution is 0.312. The van der Waals surface area contributed by atoms with Gasteiger partial charge < -0.3 is 10.4 Å². The molecule has 0 atom stereocenters. The quantitative estimate of drug-likeness (QED) is 0.146. The Kier molecular flexibility index (Phi) is 16.5. The van der Waals surface area contributed by atoms with Crippen LogP contribution in [-0.2, 0) is 0 Å². The zero-order valence-electron chi connectivity index (χ0n) is 15.4. The molecule has 0 aliphatic rings. The van der Waals surface area contributed by atoms with E-state index in [1.165, 1.54) is 77.0 Å². The molecule has 0 unspecified atom stereocenters. The van der Waals surface area contributed by atoms with E-state index in [2.05, 4.69) is 17.2 Å². The van der Waals surface area contributed by atoms with Gasteiger partial charge in [0.1, 0.15) is 11.4 Å². The van der Waals surface area contributed by atoms with Gasteiger partial charge in [-0.3, -0.25) is 0 Å². The summed E-state index contributed by atoms with van der Waals surface area (Å²) < 4.78 is 0. The number of oxime groups is 2. The standard InChI is InChI=1S/C19H38N2O2/c1-3-4-5-6-7-8-9-10-11-12-13-14-15-16-17-19(21-23)18(2)20-22/h22-23H,3-17H2,1-2H3. The van der Waals surface area contributed by atoms with Crippen LogP contribution in [0.15, 0.2) is 10.3 Å². The van der Waals surface area contributed by atoms with Crippen molar-refractivity contribution in [2.24, 2.45) is 10.3 Å². The van der Waals surface area contributed by atoms with Gasteiger partial charge in [0, 0.05) is 0 Å². The number of nitrogens with zero attached hydrogens (tertiary/aromatic N) is 2. The highest BCUT2D eigenvalue weighted by Gasteiger charge is 2.04. The predicted molar refractivity (Wildman–Crippen MR) is 99.0 cm³/mol. The normalized spacial score (nSPS) is 12.8. The van der Waals surface area contributed by atoms with Gasteiger partial charge in [0.25, 0.3) is 0 Å². The van der Waals surface area contributed by atoms with Crippen LogP contribution in [-0.4, -0.2) is 21.8 Å². The van der Waals surface area contributed by atoms with E-state index in [1.807, 2.05) is 0 Å². The van der Waals surface area contributed by atoms with E-state index in [0.717, 1.165) is 12.8 Å². The highest BCUT2D eigenvalue weighted by atomic mass is 16.4. The van der Waals surface area contributed by atoms with Crippen LogP contribution in [0.3, 0.4) is 0 Å². The molecule has 2 N–H and O–H groups in total. The molecule has 0 saturated carbocycles. The molecule has 0 radical (unpaired) electrons. The summed E-state index contributed by atoms with van der Waals surface area (Å²) in [6.45, 7) is 3.92. The van der Waals surface area contributed by atoms with Gasteiger partial charge in [0.15, 0.2) is 0 Å². The van der Waals surface area contributed by atoms with Crippen molar-refractivity contribution < 1.29 is 10.4 Å². The molecule has 0 heterocycles. The molecule has 0 bridgehead atoms. The summed E-state index contributed by atoms with van der Waals surface area (Å²) in [7, 11) is 0. The molecule has 136 valence electrons. The molecule has 0 aliphatic carbocycles. The zero-order chi connectivity index (χ0) is 17.2. The molecule has 0 aromatic heterocycles. The molecule has 0 aromatic carbocycles. The summed E-state index contributed by atoms with van der Waals surface area (Å²) in [5.41, 5.74) is 0.897. The minimum absolute atomic E-state index is 0.405. The Balaban J connectivity index is 3.25. The molecule has 4 nitrogen and oxygen atoms in total. The van der Waals surface area contributed by atoms with Crippen LogP contribution in [0.5, 0.6) is 0 Å². The van der Waals surface area contributed by atoms with E-state index in [1.54, 1.807) is 6.92 Å². The molecule has 0 fully saturated rings. The lowest BCUT2D eigenvalue weighted by Crippen LogP contribution is -2.10. The molecular formula is C19H38N2O2. The third-order valence-electron chi connectivity index (χ3n) is 4.46. The molecule has 23 heavy (non-hydrogen) atoms. The van der Waals surface area contributed by atoms with Gasteiger partial charge in [0.2, 0.25) is 0 Å². The highest BCUT2D eigenvalue weighted by Crippen LogP contribution is 2.13. The maximum Gasteiger partial charge on any atom is 0.104 e. The van der Waals surface area contributed by atoms with Crippen LogP contribution in [0.25, 0.3) is 0 Å². The minimum Gasteiger partial charge on any atom is -0.411 e. The van der Waals surface area contributed by atoms with Crippen molar-refractivity contribution in [3.63, 3.8) is 0 Å². The van der Waals surface area contributed by atoms with Gasteiger partial charge in [-0.1, -0.05) is 101 Å². The van der Waals surface area contributed by atoms with Crippen LogP contribution in [0.2, 0.25) is 0 Å². The van der Waals surface area contributed by atoms with Crippen LogP contribution < -0.4 is 0 Å². The Labute approximate surface area is 143 Å². The number of hydrogen-bond donors (Lipinski definition) is 2. The summed E-state index contributed by atoms with van der Waals surface area (Å²) in [6, 6.07) is 0. The second kappa shape index (κ2) is 17.3. The first-order valence-corrected chi connectivity index (χ1v) is 9.66. The first-order valence-electron chi connectivity index (χ1n) is 9.66. The largest absolute Gasteiger partial charge is 0.411 e. The summed E-state index contributed by atoms with van der Waals surface area (Å²) in [5, 5.41) is 23.7. The second-order valence-electron chi connectivity index (χ2n) is 6.58. The first-order chi connectivity index (χ1) is 11.3. The van der Waals surface area contributed by atoms with Crippen molar-refractivity contribution in [3.05, 3.63) is 0 Å². The summed E-state index contributed by atoms with van der Waals surface area (Å²) in [4.78, 5) is 0. The van der Waals surface area contributed by atoms with Crippen LogP contribution >= 0.6 is 0 Å². The molecule has 0 aromatic rings. The molecule has 0 spiro atoms. The topological polar surface area (TPSA) is 65.2 Å². The fourth-order valence-corrected chi connectivity index (χ4v) is 2.85. The maximum atomic E-state index is 8.83. The van der Waals surface area contributed by atoms with E-state index in [9.17, 15) is 0 Å². The summed E-state index contributed by atoms with van der Waals surface area (Å²) in [5.74, 6) is 0. The van der Waals surface area contributed by atoms with E-state index in [4.69, 9.17) is 10.4 Å². The van der Waals surface area contributed by atoms with Crippen molar-refractivity contribution >= 4 is 11.4 Å². The molecule has 0 rings (SSSR count). The van der Waals surface area contributed by atoms with Gasteiger partial charge in [0.05, 0.1) is 0 Å². The van der Waals surface area contributed by atoms with Gasteiger partial charge in [-0.15, -0.1) is 0 Å². The molecule has 0 aliphatic heterocycles. The predicted octanol–water partition coefficient (Wildman–Crippen LogP) is 6.54. The third-order valence-corrected chi connectivity index (χ3v) is 4.46. The SMILES string of the molecule is CCCCCCCCCCCCCCCCC(=NO)C(C)=NO. The lowest BCUT2D eigenvalue weighted by Gasteiger charge is -2.04. The maximum absolute atomic E-state index is 8.83. The first kappa shape index (κ1) is 21.9. The summed E-state index contributed by atoms with van der Waals surface area (Å²) in [6.07, 6.45) is 19.3. The van der Waals surface area contributed by atoms with Crippen molar-refractivity contribution in [1.29, 1.82) is 0 Å². The monoisotopic (exact) mass is 326 g/mol. The van der Waals surface area contributed by atoms with Crippen LogP contribution in [0.1, 0.15) is 110 Å². The molecule has 4 heteroatoms. The van der Waals surface area contributed by atoms with Crippen molar-refractivity contribution in [2.45, 2.75) is 110 Å². The van der Waals surface area contributed by atoms with Gasteiger partial charge in [-0.25, -0.2) is 0 Å². The minimum atomic E-state index is 0.405. The zero-order valence-corrected chi connectivity index (χ0v) is 15.4. The van der Waals surface area contributed by atoms with Gasteiger partial charge in [-0.05, 0) is 19.8 Å². The van der Waals surface area contributed by atoms with Crippen molar-refractivity contribution in [3.8, 4) is 0 Å². The highest BCUT2D eigenvalue weighted by molar-refractivity contribution is 6.41. The van der Waals surface area contributed by atoms with E-state index in [-0.39, 0.29) is 0 Å². The van der Waals surface area contributed by atoms with E-state index in [0.29, 0.717) is 17.8 Å². The molecule has 0 amide bonds. The van der Waals surface area contributed by atoms with Gasteiger partial charge in [-0.2, -0.15) is 0 Å².